The Kier molecular flexibility index (Phi) is 7.41. The second-order valence-corrected chi connectivity index (χ2v) is 9.40. The zero-order valence-electron chi connectivity index (χ0n) is 17.4. The van der Waals surface area contributed by atoms with Crippen molar-refractivity contribution in [3.05, 3.63) is 53.7 Å². The van der Waals surface area contributed by atoms with E-state index in [1.54, 1.807) is 6.20 Å². The number of amides is 1. The van der Waals surface area contributed by atoms with Gasteiger partial charge in [-0.25, -0.2) is 13.4 Å². The highest BCUT2D eigenvalue weighted by Gasteiger charge is 2.19. The van der Waals surface area contributed by atoms with E-state index in [2.05, 4.69) is 27.1 Å². The molecule has 8 nitrogen and oxygen atoms in total. The molecule has 1 fully saturated rings. The van der Waals surface area contributed by atoms with Crippen molar-refractivity contribution < 1.29 is 17.9 Å². The smallest absolute Gasteiger partial charge is 0.251 e. The third-order valence-electron chi connectivity index (χ3n) is 5.14. The lowest BCUT2D eigenvalue weighted by Gasteiger charge is -2.34. The van der Waals surface area contributed by atoms with Crippen LogP contribution >= 0.6 is 0 Å². The molecule has 162 valence electrons. The fourth-order valence-corrected chi connectivity index (χ4v) is 4.45. The second kappa shape index (κ2) is 10.0. The number of rotatable bonds is 8. The van der Waals surface area contributed by atoms with Gasteiger partial charge in [-0.3, -0.25) is 4.79 Å². The number of carbonyl (C=O) groups is 1. The van der Waals surface area contributed by atoms with E-state index in [-0.39, 0.29) is 23.2 Å². The van der Waals surface area contributed by atoms with Gasteiger partial charge in [0.05, 0.1) is 17.3 Å². The molecule has 0 atom stereocenters. The van der Waals surface area contributed by atoms with Gasteiger partial charge in [0.15, 0.2) is 9.84 Å². The fraction of sp³-hybridized carbons (Fsp3) is 0.429. The molecule has 0 radical (unpaired) electrons. The predicted octanol–water partition coefficient (Wildman–Crippen LogP) is 1.18. The molecule has 1 aliphatic rings. The van der Waals surface area contributed by atoms with Crippen molar-refractivity contribution in [1.82, 2.24) is 15.2 Å². The Labute approximate surface area is 177 Å². The number of hydrogen-bond acceptors (Lipinski definition) is 7. The van der Waals surface area contributed by atoms with E-state index in [1.807, 2.05) is 12.1 Å². The van der Waals surface area contributed by atoms with E-state index in [4.69, 9.17) is 4.74 Å². The van der Waals surface area contributed by atoms with Crippen molar-refractivity contribution in [2.24, 2.45) is 0 Å². The average Bonchev–Trinajstić information content (AvgIpc) is 2.77. The van der Waals surface area contributed by atoms with Crippen LogP contribution in [0.2, 0.25) is 0 Å². The standard InChI is InChI=1S/C21H28N4O4S/c1-24-10-12-25(13-11-24)20-18(4-3-9-22-20)16-23-21(26)17-5-7-19(8-6-17)30(27,28)15-14-29-2/h3-9H,10-16H2,1-2H3,(H,23,26). The molecule has 1 saturated heterocycles. The third kappa shape index (κ3) is 5.56. The van der Waals surface area contributed by atoms with E-state index in [9.17, 15) is 13.2 Å². The van der Waals surface area contributed by atoms with E-state index in [0.29, 0.717) is 12.1 Å². The molecule has 1 amide bonds. The van der Waals surface area contributed by atoms with Crippen LogP contribution < -0.4 is 10.2 Å². The quantitative estimate of drug-likeness (QED) is 0.670. The van der Waals surface area contributed by atoms with Crippen LogP contribution in [0.5, 0.6) is 0 Å². The highest BCUT2D eigenvalue weighted by atomic mass is 32.2. The van der Waals surface area contributed by atoms with Crippen LogP contribution in [0.25, 0.3) is 0 Å². The first-order valence-corrected chi connectivity index (χ1v) is 11.5. The number of sulfone groups is 1. The number of aromatic nitrogens is 1. The normalized spacial score (nSPS) is 15.2. The Bertz CT molecular complexity index is 955. The van der Waals surface area contributed by atoms with Gasteiger partial charge < -0.3 is 19.9 Å². The minimum absolute atomic E-state index is 0.0921. The van der Waals surface area contributed by atoms with Crippen molar-refractivity contribution in [3.63, 3.8) is 0 Å². The number of pyridine rings is 1. The molecular weight excluding hydrogens is 404 g/mol. The summed E-state index contributed by atoms with van der Waals surface area (Å²) in [6.45, 7) is 4.22. The molecule has 2 aromatic rings. The maximum absolute atomic E-state index is 12.6. The zero-order chi connectivity index (χ0) is 21.6. The van der Waals surface area contributed by atoms with Crippen molar-refractivity contribution in [3.8, 4) is 0 Å². The number of benzene rings is 1. The first-order chi connectivity index (χ1) is 14.4. The van der Waals surface area contributed by atoms with E-state index < -0.39 is 9.84 Å². The van der Waals surface area contributed by atoms with Crippen LogP contribution in [0.1, 0.15) is 15.9 Å². The Balaban J connectivity index is 1.64. The number of piperazine rings is 1. The molecular formula is C21H28N4O4S. The van der Waals surface area contributed by atoms with Crippen LogP contribution in [-0.4, -0.2) is 76.9 Å². The van der Waals surface area contributed by atoms with Crippen LogP contribution in [0.4, 0.5) is 5.82 Å². The van der Waals surface area contributed by atoms with E-state index in [0.717, 1.165) is 37.6 Å². The summed E-state index contributed by atoms with van der Waals surface area (Å²) in [5.41, 5.74) is 1.36. The fourth-order valence-electron chi connectivity index (χ4n) is 3.27. The molecule has 0 aliphatic carbocycles. The van der Waals surface area contributed by atoms with Gasteiger partial charge in [0.2, 0.25) is 0 Å². The number of nitrogens with one attached hydrogen (secondary N) is 1. The zero-order valence-corrected chi connectivity index (χ0v) is 18.2. The van der Waals surface area contributed by atoms with Crippen molar-refractivity contribution >= 4 is 21.6 Å². The number of methoxy groups -OCH3 is 1. The predicted molar refractivity (Wildman–Crippen MR) is 115 cm³/mol. The molecule has 1 N–H and O–H groups in total. The van der Waals surface area contributed by atoms with Crippen molar-refractivity contribution in [2.75, 3.05) is 57.6 Å². The van der Waals surface area contributed by atoms with Gasteiger partial charge in [-0.1, -0.05) is 6.07 Å². The van der Waals surface area contributed by atoms with Gasteiger partial charge in [-0.05, 0) is 37.4 Å². The van der Waals surface area contributed by atoms with Crippen LogP contribution in [0.3, 0.4) is 0 Å². The first-order valence-electron chi connectivity index (χ1n) is 9.88. The molecule has 0 unspecified atom stereocenters. The maximum atomic E-state index is 12.6. The Morgan fingerprint density at radius 1 is 1.13 bits per heavy atom. The highest BCUT2D eigenvalue weighted by Crippen LogP contribution is 2.19. The minimum Gasteiger partial charge on any atom is -0.384 e. The molecule has 0 spiro atoms. The summed E-state index contributed by atoms with van der Waals surface area (Å²) < 4.78 is 29.2. The summed E-state index contributed by atoms with van der Waals surface area (Å²) in [5.74, 6) is 0.542. The molecule has 0 bridgehead atoms. The number of anilines is 1. The monoisotopic (exact) mass is 432 g/mol. The summed E-state index contributed by atoms with van der Waals surface area (Å²) in [7, 11) is 0.145. The summed E-state index contributed by atoms with van der Waals surface area (Å²) >= 11 is 0. The first kappa shape index (κ1) is 22.2. The molecule has 9 heteroatoms. The summed E-state index contributed by atoms with van der Waals surface area (Å²) in [4.78, 5) is 21.8. The summed E-state index contributed by atoms with van der Waals surface area (Å²) in [5, 5.41) is 2.91. The van der Waals surface area contributed by atoms with Crippen molar-refractivity contribution in [1.29, 1.82) is 0 Å². The lowest BCUT2D eigenvalue weighted by Crippen LogP contribution is -2.45. The van der Waals surface area contributed by atoms with Crippen LogP contribution in [0.15, 0.2) is 47.5 Å². The number of likely N-dealkylation sites (N-methyl/N-ethyl adjacent to an activating group) is 1. The summed E-state index contributed by atoms with van der Waals surface area (Å²) in [6, 6.07) is 9.80. The molecule has 2 heterocycles. The molecule has 0 saturated carbocycles. The lowest BCUT2D eigenvalue weighted by molar-refractivity contribution is 0.0951. The van der Waals surface area contributed by atoms with E-state index in [1.165, 1.54) is 31.4 Å². The molecule has 1 aliphatic heterocycles. The van der Waals surface area contributed by atoms with Gasteiger partial charge in [0.25, 0.3) is 5.91 Å². The number of carbonyl (C=O) groups excluding carboxylic acids is 1. The van der Waals surface area contributed by atoms with Gasteiger partial charge >= 0.3 is 0 Å². The Morgan fingerprint density at radius 2 is 1.83 bits per heavy atom. The molecule has 30 heavy (non-hydrogen) atoms. The molecule has 1 aromatic heterocycles. The third-order valence-corrected chi connectivity index (χ3v) is 6.84. The maximum Gasteiger partial charge on any atom is 0.251 e. The van der Waals surface area contributed by atoms with Gasteiger partial charge in [0.1, 0.15) is 5.82 Å². The Morgan fingerprint density at radius 3 is 2.50 bits per heavy atom. The number of ether oxygens (including phenoxy) is 1. The van der Waals surface area contributed by atoms with Crippen molar-refractivity contribution in [2.45, 2.75) is 11.4 Å². The highest BCUT2D eigenvalue weighted by molar-refractivity contribution is 7.91. The largest absolute Gasteiger partial charge is 0.384 e. The minimum atomic E-state index is -3.42. The van der Waals surface area contributed by atoms with Gasteiger partial charge in [0, 0.05) is 57.2 Å². The number of hydrogen-bond donors (Lipinski definition) is 1. The topological polar surface area (TPSA) is 91.8 Å². The van der Waals surface area contributed by atoms with E-state index >= 15 is 0 Å². The lowest BCUT2D eigenvalue weighted by atomic mass is 10.2. The van der Waals surface area contributed by atoms with Gasteiger partial charge in [-0.2, -0.15) is 0 Å². The SMILES string of the molecule is COCCS(=O)(=O)c1ccc(C(=O)NCc2cccnc2N2CCN(C)CC2)cc1. The molecule has 1 aromatic carbocycles. The Hall–Kier alpha value is -2.49. The van der Waals surface area contributed by atoms with Gasteiger partial charge in [-0.15, -0.1) is 0 Å². The van der Waals surface area contributed by atoms with Crippen LogP contribution in [0, 0.1) is 0 Å². The summed E-state index contributed by atoms with van der Waals surface area (Å²) in [6.07, 6.45) is 1.77. The average molecular weight is 433 g/mol. The number of nitrogens with zero attached hydrogens (tertiary/aromatic N) is 3. The second-order valence-electron chi connectivity index (χ2n) is 7.30. The molecule has 3 rings (SSSR count). The van der Waals surface area contributed by atoms with Crippen LogP contribution in [-0.2, 0) is 21.1 Å².